The normalized spacial score (nSPS) is 24.3. The van der Waals surface area contributed by atoms with E-state index in [0.717, 1.165) is 38.5 Å². The highest BCUT2D eigenvalue weighted by atomic mass is 16.4. The molecule has 0 aromatic rings. The summed E-state index contributed by atoms with van der Waals surface area (Å²) in [7, 11) is 0. The smallest absolute Gasteiger partial charge is 0.307 e. The summed E-state index contributed by atoms with van der Waals surface area (Å²) in [5.74, 6) is -1.68. The van der Waals surface area contributed by atoms with Crippen molar-refractivity contribution in [1.29, 1.82) is 0 Å². The molecule has 1 saturated carbocycles. The van der Waals surface area contributed by atoms with Gasteiger partial charge in [0.05, 0.1) is 11.8 Å². The van der Waals surface area contributed by atoms with Crippen LogP contribution in [0.3, 0.4) is 0 Å². The molecule has 2 atom stereocenters. The molecule has 1 amide bonds. The van der Waals surface area contributed by atoms with Crippen molar-refractivity contribution in [3.8, 4) is 0 Å². The first-order chi connectivity index (χ1) is 8.16. The van der Waals surface area contributed by atoms with Crippen molar-refractivity contribution >= 4 is 11.9 Å². The number of carbonyl (C=O) groups excluding carboxylic acids is 1. The van der Waals surface area contributed by atoms with Crippen LogP contribution in [0, 0.1) is 11.8 Å². The van der Waals surface area contributed by atoms with Crippen LogP contribution in [0.15, 0.2) is 0 Å². The molecule has 1 aliphatic rings. The van der Waals surface area contributed by atoms with E-state index < -0.39 is 11.9 Å². The van der Waals surface area contributed by atoms with E-state index in [-0.39, 0.29) is 11.8 Å². The Bertz CT molecular complexity index is 265. The quantitative estimate of drug-likeness (QED) is 0.700. The predicted molar refractivity (Wildman–Crippen MR) is 65.6 cm³/mol. The fourth-order valence-corrected chi connectivity index (χ4v) is 2.46. The van der Waals surface area contributed by atoms with Gasteiger partial charge in [-0.1, -0.05) is 32.6 Å². The van der Waals surface area contributed by atoms with Crippen molar-refractivity contribution < 1.29 is 14.7 Å². The minimum absolute atomic E-state index is 0.0618. The molecule has 0 heterocycles. The average molecular weight is 241 g/mol. The SMILES string of the molecule is CCCCCNC(=O)C1CCCCC1C(=O)O. The first-order valence-electron chi connectivity index (χ1n) is 6.67. The lowest BCUT2D eigenvalue weighted by Gasteiger charge is -2.27. The zero-order valence-electron chi connectivity index (χ0n) is 10.6. The number of carboxylic acids is 1. The fourth-order valence-electron chi connectivity index (χ4n) is 2.46. The second kappa shape index (κ2) is 7.30. The molecule has 0 saturated heterocycles. The van der Waals surface area contributed by atoms with Crippen molar-refractivity contribution in [2.24, 2.45) is 11.8 Å². The number of aliphatic carboxylic acids is 1. The van der Waals surface area contributed by atoms with Gasteiger partial charge in [-0.3, -0.25) is 9.59 Å². The number of hydrogen-bond acceptors (Lipinski definition) is 2. The van der Waals surface area contributed by atoms with E-state index in [4.69, 9.17) is 5.11 Å². The van der Waals surface area contributed by atoms with E-state index in [1.54, 1.807) is 0 Å². The zero-order chi connectivity index (χ0) is 12.7. The van der Waals surface area contributed by atoms with Crippen LogP contribution >= 0.6 is 0 Å². The van der Waals surface area contributed by atoms with Crippen LogP contribution in [-0.4, -0.2) is 23.5 Å². The second-order valence-corrected chi connectivity index (χ2v) is 4.83. The third-order valence-corrected chi connectivity index (χ3v) is 3.50. The highest BCUT2D eigenvalue weighted by Gasteiger charge is 2.35. The molecule has 2 unspecified atom stereocenters. The molecule has 0 bridgehead atoms. The van der Waals surface area contributed by atoms with Gasteiger partial charge < -0.3 is 10.4 Å². The van der Waals surface area contributed by atoms with Gasteiger partial charge in [0, 0.05) is 6.54 Å². The molecule has 0 aliphatic heterocycles. The van der Waals surface area contributed by atoms with E-state index in [9.17, 15) is 9.59 Å². The van der Waals surface area contributed by atoms with E-state index >= 15 is 0 Å². The molecule has 0 radical (unpaired) electrons. The number of nitrogens with one attached hydrogen (secondary N) is 1. The second-order valence-electron chi connectivity index (χ2n) is 4.83. The van der Waals surface area contributed by atoms with Gasteiger partial charge in [-0.25, -0.2) is 0 Å². The molecule has 4 nitrogen and oxygen atoms in total. The Morgan fingerprint density at radius 1 is 1.18 bits per heavy atom. The minimum Gasteiger partial charge on any atom is -0.481 e. The van der Waals surface area contributed by atoms with Crippen LogP contribution in [0.25, 0.3) is 0 Å². The third-order valence-electron chi connectivity index (χ3n) is 3.50. The number of amides is 1. The standard InChI is InChI=1S/C13H23NO3/c1-2-3-6-9-14-12(15)10-7-4-5-8-11(10)13(16)17/h10-11H,2-9H2,1H3,(H,14,15)(H,16,17). The summed E-state index contributed by atoms with van der Waals surface area (Å²) in [6.07, 6.45) is 6.46. The van der Waals surface area contributed by atoms with Crippen molar-refractivity contribution in [3.63, 3.8) is 0 Å². The molecule has 98 valence electrons. The first-order valence-corrected chi connectivity index (χ1v) is 6.67. The maximum Gasteiger partial charge on any atom is 0.307 e. The van der Waals surface area contributed by atoms with Crippen molar-refractivity contribution in [2.45, 2.75) is 51.9 Å². The summed E-state index contributed by atoms with van der Waals surface area (Å²) in [5.41, 5.74) is 0. The molecule has 0 aromatic heterocycles. The maximum absolute atomic E-state index is 11.9. The first kappa shape index (κ1) is 14.0. The van der Waals surface area contributed by atoms with Crippen LogP contribution in [0.4, 0.5) is 0 Å². The topological polar surface area (TPSA) is 66.4 Å². The highest BCUT2D eigenvalue weighted by Crippen LogP contribution is 2.30. The zero-order valence-corrected chi connectivity index (χ0v) is 10.6. The van der Waals surface area contributed by atoms with Crippen molar-refractivity contribution in [1.82, 2.24) is 5.32 Å². The Kier molecular flexibility index (Phi) is 6.01. The molecule has 4 heteroatoms. The highest BCUT2D eigenvalue weighted by molar-refractivity contribution is 5.84. The Balaban J connectivity index is 2.39. The van der Waals surface area contributed by atoms with Crippen LogP contribution < -0.4 is 5.32 Å². The van der Waals surface area contributed by atoms with Crippen molar-refractivity contribution in [3.05, 3.63) is 0 Å². The van der Waals surface area contributed by atoms with Crippen molar-refractivity contribution in [2.75, 3.05) is 6.54 Å². The van der Waals surface area contributed by atoms with Gasteiger partial charge in [0.15, 0.2) is 0 Å². The van der Waals surface area contributed by atoms with Crippen LogP contribution in [0.1, 0.15) is 51.9 Å². The molecule has 17 heavy (non-hydrogen) atoms. The number of hydrogen-bond donors (Lipinski definition) is 2. The third kappa shape index (κ3) is 4.36. The summed E-state index contributed by atoms with van der Waals surface area (Å²) in [4.78, 5) is 23.0. The summed E-state index contributed by atoms with van der Waals surface area (Å²) >= 11 is 0. The van der Waals surface area contributed by atoms with Gasteiger partial charge in [-0.15, -0.1) is 0 Å². The average Bonchev–Trinajstić information content (AvgIpc) is 2.34. The monoisotopic (exact) mass is 241 g/mol. The predicted octanol–water partition coefficient (Wildman–Crippen LogP) is 2.18. The number of carbonyl (C=O) groups is 2. The molecular weight excluding hydrogens is 218 g/mol. The van der Waals surface area contributed by atoms with E-state index in [0.29, 0.717) is 13.0 Å². The van der Waals surface area contributed by atoms with Crippen LogP contribution in [-0.2, 0) is 9.59 Å². The number of rotatable bonds is 6. The molecule has 2 N–H and O–H groups in total. The molecule has 0 aromatic carbocycles. The summed E-state index contributed by atoms with van der Waals surface area (Å²) in [5, 5.41) is 12.0. The largest absolute Gasteiger partial charge is 0.481 e. The summed E-state index contributed by atoms with van der Waals surface area (Å²) < 4.78 is 0. The lowest BCUT2D eigenvalue weighted by molar-refractivity contribution is -0.148. The summed E-state index contributed by atoms with van der Waals surface area (Å²) in [6.45, 7) is 2.79. The molecule has 1 rings (SSSR count). The van der Waals surface area contributed by atoms with E-state index in [1.807, 2.05) is 0 Å². The van der Waals surface area contributed by atoms with Gasteiger partial charge >= 0.3 is 5.97 Å². The Hall–Kier alpha value is -1.06. The lowest BCUT2D eigenvalue weighted by atomic mass is 9.78. The van der Waals surface area contributed by atoms with Gasteiger partial charge in [-0.05, 0) is 19.3 Å². The Morgan fingerprint density at radius 2 is 1.82 bits per heavy atom. The molecule has 1 aliphatic carbocycles. The van der Waals surface area contributed by atoms with Crippen LogP contribution in [0.2, 0.25) is 0 Å². The van der Waals surface area contributed by atoms with Gasteiger partial charge in [0.1, 0.15) is 0 Å². The van der Waals surface area contributed by atoms with E-state index in [2.05, 4.69) is 12.2 Å². The summed E-state index contributed by atoms with van der Waals surface area (Å²) in [6, 6.07) is 0. The molecular formula is C13H23NO3. The fraction of sp³-hybridized carbons (Fsp3) is 0.846. The number of carboxylic acid groups (broad SMARTS) is 1. The molecule has 0 spiro atoms. The minimum atomic E-state index is -0.821. The lowest BCUT2D eigenvalue weighted by Crippen LogP contribution is -2.40. The number of unbranched alkanes of at least 4 members (excludes halogenated alkanes) is 2. The Morgan fingerprint density at radius 3 is 2.41 bits per heavy atom. The molecule has 1 fully saturated rings. The van der Waals surface area contributed by atoms with Gasteiger partial charge in [-0.2, -0.15) is 0 Å². The van der Waals surface area contributed by atoms with Crippen LogP contribution in [0.5, 0.6) is 0 Å². The maximum atomic E-state index is 11.9. The van der Waals surface area contributed by atoms with E-state index in [1.165, 1.54) is 0 Å². The van der Waals surface area contributed by atoms with Gasteiger partial charge in [0.2, 0.25) is 5.91 Å². The van der Waals surface area contributed by atoms with Gasteiger partial charge in [0.25, 0.3) is 0 Å². The Labute approximate surface area is 103 Å².